The summed E-state index contributed by atoms with van der Waals surface area (Å²) in [6.45, 7) is 6.11. The molecule has 0 atom stereocenters. The number of carbonyl (C=O) groups is 2. The molecule has 0 radical (unpaired) electrons. The van der Waals surface area contributed by atoms with E-state index in [1.807, 2.05) is 26.0 Å². The Balaban J connectivity index is 2.33. The number of benzene rings is 1. The Morgan fingerprint density at radius 2 is 1.67 bits per heavy atom. The highest BCUT2D eigenvalue weighted by Gasteiger charge is 2.08. The predicted octanol–water partition coefficient (Wildman–Crippen LogP) is 3.78. The number of rotatable bonds is 9. The standard InChI is InChI=1S/C17H24O4/c1-4-20-17(19)8-6-5-7-16(18)14-9-11-15(12-10-14)21-13(2)3/h9-13H,4-8H2,1-3H3. The first-order chi connectivity index (χ1) is 10.0. The van der Waals surface area contributed by atoms with Crippen LogP contribution in [0.4, 0.5) is 0 Å². The lowest BCUT2D eigenvalue weighted by Gasteiger charge is -2.09. The van der Waals surface area contributed by atoms with Gasteiger partial charge in [0.05, 0.1) is 12.7 Å². The number of hydrogen-bond donors (Lipinski definition) is 0. The van der Waals surface area contributed by atoms with Crippen molar-refractivity contribution in [1.29, 1.82) is 0 Å². The Labute approximate surface area is 126 Å². The molecule has 21 heavy (non-hydrogen) atoms. The Morgan fingerprint density at radius 3 is 2.24 bits per heavy atom. The molecule has 116 valence electrons. The predicted molar refractivity (Wildman–Crippen MR) is 81.6 cm³/mol. The molecular weight excluding hydrogens is 268 g/mol. The second kappa shape index (κ2) is 9.16. The third kappa shape index (κ3) is 6.93. The highest BCUT2D eigenvalue weighted by molar-refractivity contribution is 5.96. The van der Waals surface area contributed by atoms with Gasteiger partial charge in [-0.3, -0.25) is 9.59 Å². The molecule has 0 heterocycles. The summed E-state index contributed by atoms with van der Waals surface area (Å²) in [5, 5.41) is 0. The molecule has 0 amide bonds. The van der Waals surface area contributed by atoms with Crippen LogP contribution in [0.5, 0.6) is 5.75 Å². The number of carbonyl (C=O) groups excluding carboxylic acids is 2. The van der Waals surface area contributed by atoms with Crippen LogP contribution in [0.15, 0.2) is 24.3 Å². The minimum atomic E-state index is -0.194. The first-order valence-electron chi connectivity index (χ1n) is 7.48. The van der Waals surface area contributed by atoms with Gasteiger partial charge in [-0.1, -0.05) is 0 Å². The van der Waals surface area contributed by atoms with E-state index < -0.39 is 0 Å². The number of Topliss-reactive ketones (excluding diaryl/α,β-unsaturated/α-hetero) is 1. The maximum Gasteiger partial charge on any atom is 0.305 e. The van der Waals surface area contributed by atoms with Crippen LogP contribution in [0.3, 0.4) is 0 Å². The number of unbranched alkanes of at least 4 members (excludes halogenated alkanes) is 1. The average molecular weight is 292 g/mol. The maximum atomic E-state index is 12.0. The van der Waals surface area contributed by atoms with Gasteiger partial charge in [0.15, 0.2) is 5.78 Å². The molecule has 0 saturated heterocycles. The second-order valence-corrected chi connectivity index (χ2v) is 5.13. The van der Waals surface area contributed by atoms with Crippen molar-refractivity contribution in [1.82, 2.24) is 0 Å². The van der Waals surface area contributed by atoms with Crippen molar-refractivity contribution in [3.63, 3.8) is 0 Å². The van der Waals surface area contributed by atoms with Gasteiger partial charge in [-0.05, 0) is 57.9 Å². The molecule has 0 fully saturated rings. The molecular formula is C17H24O4. The zero-order valence-electron chi connectivity index (χ0n) is 13.1. The third-order valence-electron chi connectivity index (χ3n) is 2.89. The second-order valence-electron chi connectivity index (χ2n) is 5.13. The zero-order valence-corrected chi connectivity index (χ0v) is 13.1. The van der Waals surface area contributed by atoms with Gasteiger partial charge < -0.3 is 9.47 Å². The largest absolute Gasteiger partial charge is 0.491 e. The van der Waals surface area contributed by atoms with Crippen LogP contribution >= 0.6 is 0 Å². The van der Waals surface area contributed by atoms with Gasteiger partial charge in [0.2, 0.25) is 0 Å². The molecule has 0 aliphatic carbocycles. The van der Waals surface area contributed by atoms with E-state index in [-0.39, 0.29) is 17.9 Å². The summed E-state index contributed by atoms with van der Waals surface area (Å²) in [5.41, 5.74) is 0.683. The quantitative estimate of drug-likeness (QED) is 0.395. The SMILES string of the molecule is CCOC(=O)CCCCC(=O)c1ccc(OC(C)C)cc1. The number of hydrogen-bond acceptors (Lipinski definition) is 4. The fraction of sp³-hybridized carbons (Fsp3) is 0.529. The Morgan fingerprint density at radius 1 is 1.05 bits per heavy atom. The minimum absolute atomic E-state index is 0.0926. The molecule has 0 aromatic heterocycles. The molecule has 0 saturated carbocycles. The molecule has 0 bridgehead atoms. The van der Waals surface area contributed by atoms with E-state index in [9.17, 15) is 9.59 Å². The fourth-order valence-corrected chi connectivity index (χ4v) is 1.92. The van der Waals surface area contributed by atoms with Crippen LogP contribution < -0.4 is 4.74 Å². The Bertz CT molecular complexity index is 448. The lowest BCUT2D eigenvalue weighted by Crippen LogP contribution is -2.06. The topological polar surface area (TPSA) is 52.6 Å². The molecule has 1 aromatic rings. The minimum Gasteiger partial charge on any atom is -0.491 e. The highest BCUT2D eigenvalue weighted by Crippen LogP contribution is 2.16. The van der Waals surface area contributed by atoms with Crippen LogP contribution in [-0.4, -0.2) is 24.5 Å². The van der Waals surface area contributed by atoms with E-state index in [1.54, 1.807) is 19.1 Å². The van der Waals surface area contributed by atoms with Gasteiger partial charge >= 0.3 is 5.97 Å². The first kappa shape index (κ1) is 17.2. The molecule has 0 unspecified atom stereocenters. The van der Waals surface area contributed by atoms with Gasteiger partial charge in [-0.15, -0.1) is 0 Å². The van der Waals surface area contributed by atoms with Gasteiger partial charge in [0, 0.05) is 18.4 Å². The molecule has 4 heteroatoms. The van der Waals surface area contributed by atoms with Crippen LogP contribution in [0, 0.1) is 0 Å². The monoisotopic (exact) mass is 292 g/mol. The van der Waals surface area contributed by atoms with Gasteiger partial charge in [-0.25, -0.2) is 0 Å². The molecule has 4 nitrogen and oxygen atoms in total. The Hall–Kier alpha value is -1.84. The van der Waals surface area contributed by atoms with Crippen molar-refractivity contribution >= 4 is 11.8 Å². The van der Waals surface area contributed by atoms with Crippen molar-refractivity contribution in [3.05, 3.63) is 29.8 Å². The number of esters is 1. The van der Waals surface area contributed by atoms with Crippen LogP contribution in [0.2, 0.25) is 0 Å². The van der Waals surface area contributed by atoms with Crippen molar-refractivity contribution in [2.45, 2.75) is 52.6 Å². The average Bonchev–Trinajstić information content (AvgIpc) is 2.44. The summed E-state index contributed by atoms with van der Waals surface area (Å²) in [6, 6.07) is 7.19. The van der Waals surface area contributed by atoms with Gasteiger partial charge in [-0.2, -0.15) is 0 Å². The van der Waals surface area contributed by atoms with Crippen LogP contribution in [0.25, 0.3) is 0 Å². The van der Waals surface area contributed by atoms with Crippen molar-refractivity contribution in [3.8, 4) is 5.75 Å². The zero-order chi connectivity index (χ0) is 15.7. The van der Waals surface area contributed by atoms with Crippen LogP contribution in [-0.2, 0) is 9.53 Å². The van der Waals surface area contributed by atoms with E-state index in [1.165, 1.54) is 0 Å². The smallest absolute Gasteiger partial charge is 0.305 e. The highest BCUT2D eigenvalue weighted by atomic mass is 16.5. The number of ketones is 1. The summed E-state index contributed by atoms with van der Waals surface area (Å²) in [4.78, 5) is 23.2. The normalized spacial score (nSPS) is 10.5. The summed E-state index contributed by atoms with van der Waals surface area (Å²) < 4.78 is 10.4. The van der Waals surface area contributed by atoms with E-state index in [0.717, 1.165) is 5.75 Å². The van der Waals surface area contributed by atoms with E-state index in [4.69, 9.17) is 9.47 Å². The summed E-state index contributed by atoms with van der Waals surface area (Å²) in [6.07, 6.45) is 2.32. The lowest BCUT2D eigenvalue weighted by atomic mass is 10.0. The van der Waals surface area contributed by atoms with Gasteiger partial charge in [0.25, 0.3) is 0 Å². The summed E-state index contributed by atoms with van der Waals surface area (Å²) in [7, 11) is 0. The molecule has 0 spiro atoms. The summed E-state index contributed by atoms with van der Waals surface area (Å²) in [5.74, 6) is 0.666. The van der Waals surface area contributed by atoms with Crippen molar-refractivity contribution in [2.24, 2.45) is 0 Å². The molecule has 0 aliphatic heterocycles. The van der Waals surface area contributed by atoms with E-state index in [2.05, 4.69) is 0 Å². The molecule has 0 aliphatic rings. The van der Waals surface area contributed by atoms with Crippen molar-refractivity contribution < 1.29 is 19.1 Å². The molecule has 1 rings (SSSR count). The number of ether oxygens (including phenoxy) is 2. The molecule has 1 aromatic carbocycles. The van der Waals surface area contributed by atoms with Crippen LogP contribution in [0.1, 0.15) is 56.8 Å². The maximum absolute atomic E-state index is 12.0. The summed E-state index contributed by atoms with van der Waals surface area (Å²) >= 11 is 0. The third-order valence-corrected chi connectivity index (χ3v) is 2.89. The van der Waals surface area contributed by atoms with E-state index >= 15 is 0 Å². The first-order valence-corrected chi connectivity index (χ1v) is 7.48. The molecule has 0 N–H and O–H groups in total. The van der Waals surface area contributed by atoms with Crippen molar-refractivity contribution in [2.75, 3.05) is 6.61 Å². The van der Waals surface area contributed by atoms with E-state index in [0.29, 0.717) is 37.9 Å². The Kier molecular flexibility index (Phi) is 7.51. The fourth-order valence-electron chi connectivity index (χ4n) is 1.92. The van der Waals surface area contributed by atoms with Gasteiger partial charge in [0.1, 0.15) is 5.75 Å². The lowest BCUT2D eigenvalue weighted by molar-refractivity contribution is -0.143.